The quantitative estimate of drug-likeness (QED) is 0.0906. The fourth-order valence-electron chi connectivity index (χ4n) is 10.0. The van der Waals surface area contributed by atoms with Gasteiger partial charge < -0.3 is 13.9 Å². The second-order valence-corrected chi connectivity index (χ2v) is 28.1. The van der Waals surface area contributed by atoms with Crippen LogP contribution in [0.5, 0.6) is 11.5 Å². The Bertz CT molecular complexity index is 3760. The second-order valence-electron chi connectivity index (χ2n) is 23.1. The molecule has 0 saturated carbocycles. The third-order valence-electron chi connectivity index (χ3n) is 13.9. The van der Waals surface area contributed by atoms with Crippen LogP contribution in [0.2, 0.25) is 19.6 Å². The van der Waals surface area contributed by atoms with Crippen LogP contribution in [-0.4, -0.2) is 28.2 Å². The number of ether oxygens (including phenoxy) is 1. The fourth-order valence-corrected chi connectivity index (χ4v) is 11.6. The van der Waals surface area contributed by atoms with Crippen LogP contribution in [0.15, 0.2) is 152 Å². The molecule has 0 saturated heterocycles. The van der Waals surface area contributed by atoms with Crippen molar-refractivity contribution in [2.24, 2.45) is 0 Å². The van der Waals surface area contributed by atoms with Gasteiger partial charge in [-0.1, -0.05) is 159 Å². The van der Waals surface area contributed by atoms with E-state index in [1.807, 2.05) is 24.4 Å². The first-order valence-corrected chi connectivity index (χ1v) is 28.0. The molecule has 1 aliphatic rings. The molecular formula is C63H61N5OPtSi+2. The van der Waals surface area contributed by atoms with Crippen molar-refractivity contribution < 1.29 is 25.8 Å². The molecule has 1 aliphatic heterocycles. The van der Waals surface area contributed by atoms with Crippen LogP contribution in [0.3, 0.4) is 0 Å². The summed E-state index contributed by atoms with van der Waals surface area (Å²) < 4.78 is 15.9. The number of pyridine rings is 1. The van der Waals surface area contributed by atoms with E-state index in [1.165, 1.54) is 49.4 Å². The van der Waals surface area contributed by atoms with Crippen molar-refractivity contribution in [1.29, 1.82) is 0 Å². The molecule has 3 aromatic heterocycles. The van der Waals surface area contributed by atoms with Crippen molar-refractivity contribution in [2.45, 2.75) is 98.2 Å². The third-order valence-corrected chi connectivity index (χ3v) is 15.9. The maximum Gasteiger partial charge on any atom is 2.00 e. The molecule has 0 fully saturated rings. The van der Waals surface area contributed by atoms with Crippen molar-refractivity contribution in [2.75, 3.05) is 0 Å². The third kappa shape index (κ3) is 8.52. The van der Waals surface area contributed by atoms with Gasteiger partial charge in [0.1, 0.15) is 11.5 Å². The van der Waals surface area contributed by atoms with E-state index in [0.717, 1.165) is 50.4 Å². The number of rotatable bonds is 7. The summed E-state index contributed by atoms with van der Waals surface area (Å²) in [7, 11) is -1.83. The van der Waals surface area contributed by atoms with Crippen LogP contribution < -0.4 is 19.1 Å². The second kappa shape index (κ2) is 17.3. The van der Waals surface area contributed by atoms with E-state index in [-0.39, 0.29) is 37.3 Å². The van der Waals surface area contributed by atoms with Crippen LogP contribution >= 0.6 is 0 Å². The Balaban J connectivity index is 0.00000582. The first kappa shape index (κ1) is 48.0. The minimum Gasteiger partial charge on any atom is -0.509 e. The van der Waals surface area contributed by atoms with Gasteiger partial charge in [-0.3, -0.25) is 0 Å². The molecule has 11 rings (SSSR count). The van der Waals surface area contributed by atoms with Crippen LogP contribution in [0.25, 0.3) is 55.1 Å². The summed E-state index contributed by atoms with van der Waals surface area (Å²) in [5, 5.41) is 6.02. The molecule has 356 valence electrons. The number of fused-ring (bicyclic) bond motifs is 7. The van der Waals surface area contributed by atoms with E-state index >= 15 is 0 Å². The van der Waals surface area contributed by atoms with Crippen molar-refractivity contribution in [3.63, 3.8) is 0 Å². The summed E-state index contributed by atoms with van der Waals surface area (Å²) in [4.78, 5) is 5.00. The molecule has 0 aliphatic carbocycles. The van der Waals surface area contributed by atoms with Crippen molar-refractivity contribution in [3.8, 4) is 23.0 Å². The number of aromatic nitrogens is 3. The molecule has 6 nitrogen and oxygen atoms in total. The predicted molar refractivity (Wildman–Crippen MR) is 297 cm³/mol. The molecule has 0 unspecified atom stereocenters. The van der Waals surface area contributed by atoms with Gasteiger partial charge >= 0.3 is 27.1 Å². The summed E-state index contributed by atoms with van der Waals surface area (Å²) in [5.41, 5.74) is 13.3. The Morgan fingerprint density at radius 1 is 0.535 bits per heavy atom. The predicted octanol–water partition coefficient (Wildman–Crippen LogP) is 16.0. The Morgan fingerprint density at radius 2 is 1.15 bits per heavy atom. The summed E-state index contributed by atoms with van der Waals surface area (Å²) in [6.45, 7) is 27.8. The smallest absolute Gasteiger partial charge is 0.509 e. The molecule has 10 aromatic rings. The van der Waals surface area contributed by atoms with Gasteiger partial charge in [0.15, 0.2) is 0 Å². The monoisotopic (exact) mass is 1130 g/mol. The van der Waals surface area contributed by atoms with Crippen molar-refractivity contribution >= 4 is 85.6 Å². The Kier molecular flexibility index (Phi) is 11.7. The summed E-state index contributed by atoms with van der Waals surface area (Å²) in [6.07, 6.45) is 1.92. The van der Waals surface area contributed by atoms with Gasteiger partial charge in [-0.2, -0.15) is 12.1 Å². The minimum atomic E-state index is -1.83. The van der Waals surface area contributed by atoms with E-state index in [1.54, 1.807) is 0 Å². The van der Waals surface area contributed by atoms with E-state index in [4.69, 9.17) is 9.72 Å². The molecule has 7 aromatic carbocycles. The first-order valence-electron chi connectivity index (χ1n) is 24.5. The molecule has 0 bridgehead atoms. The molecule has 0 spiro atoms. The zero-order valence-corrected chi connectivity index (χ0v) is 46.2. The number of para-hydroxylation sites is 3. The van der Waals surface area contributed by atoms with Crippen molar-refractivity contribution in [1.82, 2.24) is 23.3 Å². The molecule has 4 heterocycles. The van der Waals surface area contributed by atoms with Gasteiger partial charge in [0.05, 0.1) is 19.1 Å². The average Bonchev–Trinajstić information content (AvgIpc) is 3.98. The molecule has 71 heavy (non-hydrogen) atoms. The number of benzene rings is 7. The molecule has 0 N–H and O–H groups in total. The molecule has 0 amide bonds. The van der Waals surface area contributed by atoms with Crippen LogP contribution in [0.4, 0.5) is 22.7 Å². The zero-order chi connectivity index (χ0) is 49.1. The topological polar surface area (TPSA) is 38.0 Å². The van der Waals surface area contributed by atoms with E-state index in [2.05, 4.69) is 246 Å². The van der Waals surface area contributed by atoms with E-state index in [9.17, 15) is 0 Å². The zero-order valence-electron chi connectivity index (χ0n) is 42.9. The van der Waals surface area contributed by atoms with Gasteiger partial charge in [0, 0.05) is 63.1 Å². The Hall–Kier alpha value is -6.62. The van der Waals surface area contributed by atoms with E-state index in [0.29, 0.717) is 11.5 Å². The standard InChI is InChI=1S/C63H61N5OSi.Pt/c1-61(2,3)41-31-32-64-59(36-41)68-55-30-27-45(67-53-23-15-13-21-49(53)50-22-14-16-24-54(50)67)38-52(55)51-29-28-48(39-57(51)68)69-47-20-17-19-44(37-47)65-40-66(60-56(65)25-18-26-58(60)70(10,11)12)46-34-42(62(4,5)6)33-43(35-46)63(7,8)9;/h13-36,38H,1-12H3;/q;+2. The van der Waals surface area contributed by atoms with Gasteiger partial charge in [0.2, 0.25) is 5.69 Å². The Morgan fingerprint density at radius 3 is 1.80 bits per heavy atom. The summed E-state index contributed by atoms with van der Waals surface area (Å²) >= 11 is 0. The minimum absolute atomic E-state index is 0. The Labute approximate surface area is 433 Å². The molecular weight excluding hydrogens is 1070 g/mol. The first-order chi connectivity index (χ1) is 33.2. The summed E-state index contributed by atoms with van der Waals surface area (Å²) in [6, 6.07) is 63.8. The normalized spacial score (nSPS) is 13.2. The number of hydrogen-bond acceptors (Lipinski definition) is 2. The maximum atomic E-state index is 6.80. The summed E-state index contributed by atoms with van der Waals surface area (Å²) in [5.74, 6) is 2.01. The number of nitrogens with zero attached hydrogens (tertiary/aromatic N) is 5. The molecule has 8 heteroatoms. The van der Waals surface area contributed by atoms with Crippen molar-refractivity contribution in [3.05, 3.63) is 181 Å². The fraction of sp³-hybridized carbons (Fsp3) is 0.238. The largest absolute Gasteiger partial charge is 2.00 e. The average molecular weight is 1130 g/mol. The van der Waals surface area contributed by atoms with Gasteiger partial charge in [-0.05, 0) is 85.4 Å². The van der Waals surface area contributed by atoms with Crippen LogP contribution in [0.1, 0.15) is 79.0 Å². The SMILES string of the molecule is CC(C)(C)c1cc([N+]2=C=[N+](c3[c-]c(Oc4[c-]c5c(cc4)c4cc(-n6c7ccccc7c7ccccc76)ccc4n5-c4cc(C(C)(C)C)ccn4)ccc3)c3cccc([Si](C)(C)C)c32)cc(C(C)(C)C)c1.[Pt+2]. The number of hydrogen-bond donors (Lipinski definition) is 0. The van der Waals surface area contributed by atoms with Gasteiger partial charge in [-0.15, -0.1) is 23.6 Å². The van der Waals surface area contributed by atoms with E-state index < -0.39 is 8.07 Å². The molecule has 0 atom stereocenters. The van der Waals surface area contributed by atoms with Gasteiger partial charge in [0.25, 0.3) is 11.4 Å². The van der Waals surface area contributed by atoms with Crippen LogP contribution in [-0.2, 0) is 37.3 Å². The van der Waals surface area contributed by atoms with Gasteiger partial charge in [-0.25, -0.2) is 4.98 Å². The maximum absolute atomic E-state index is 6.80. The van der Waals surface area contributed by atoms with Crippen LogP contribution in [0, 0.1) is 12.1 Å². The molecule has 0 radical (unpaired) electrons.